The van der Waals surface area contributed by atoms with Crippen LogP contribution in [0.15, 0.2) is 48.5 Å². The number of aliphatic hydroxyl groups excluding tert-OH is 1. The molecule has 2 N–H and O–H groups in total. The second-order valence-electron chi connectivity index (χ2n) is 4.13. The van der Waals surface area contributed by atoms with Gasteiger partial charge in [-0.3, -0.25) is 0 Å². The minimum atomic E-state index is -1.48. The molecule has 92 valence electrons. The Labute approximate surface area is 105 Å². The molecule has 0 fully saturated rings. The lowest BCUT2D eigenvalue weighted by Crippen LogP contribution is -2.12. The van der Waals surface area contributed by atoms with Crippen LogP contribution in [0, 0.1) is 6.92 Å². The molecule has 0 heterocycles. The highest BCUT2D eigenvalue weighted by atomic mass is 16.4. The van der Waals surface area contributed by atoms with Crippen molar-refractivity contribution >= 4 is 5.97 Å². The van der Waals surface area contributed by atoms with E-state index in [9.17, 15) is 9.90 Å². The highest BCUT2D eigenvalue weighted by Gasteiger charge is 2.19. The Morgan fingerprint density at radius 2 is 1.72 bits per heavy atom. The second-order valence-corrected chi connectivity index (χ2v) is 4.13. The van der Waals surface area contributed by atoms with Crippen LogP contribution in [-0.2, 0) is 4.79 Å². The Hall–Kier alpha value is -2.13. The Bertz CT molecular complexity index is 561. The molecule has 0 aromatic heterocycles. The minimum Gasteiger partial charge on any atom is -0.479 e. The summed E-state index contributed by atoms with van der Waals surface area (Å²) in [4.78, 5) is 10.8. The van der Waals surface area contributed by atoms with E-state index in [0.29, 0.717) is 5.56 Å². The molecule has 0 saturated heterocycles. The van der Waals surface area contributed by atoms with Gasteiger partial charge in [0.2, 0.25) is 0 Å². The van der Waals surface area contributed by atoms with Gasteiger partial charge in [0.25, 0.3) is 0 Å². The van der Waals surface area contributed by atoms with E-state index in [2.05, 4.69) is 0 Å². The molecule has 0 aliphatic carbocycles. The lowest BCUT2D eigenvalue weighted by molar-refractivity contribution is -0.147. The van der Waals surface area contributed by atoms with Crippen molar-refractivity contribution in [1.29, 1.82) is 0 Å². The summed E-state index contributed by atoms with van der Waals surface area (Å²) in [5, 5.41) is 18.5. The number of aliphatic carboxylic acids is 1. The smallest absolute Gasteiger partial charge is 0.337 e. The summed E-state index contributed by atoms with van der Waals surface area (Å²) < 4.78 is 0. The van der Waals surface area contributed by atoms with Crippen LogP contribution in [0.25, 0.3) is 11.1 Å². The van der Waals surface area contributed by atoms with Crippen LogP contribution < -0.4 is 0 Å². The Morgan fingerprint density at radius 3 is 2.33 bits per heavy atom. The SMILES string of the molecule is Cc1c(-c2ccccc2)cccc1C(O)C(=O)O. The zero-order valence-electron chi connectivity index (χ0n) is 10.00. The molecule has 0 aliphatic heterocycles. The van der Waals surface area contributed by atoms with Crippen LogP contribution in [0.3, 0.4) is 0 Å². The zero-order chi connectivity index (χ0) is 13.1. The first-order valence-corrected chi connectivity index (χ1v) is 5.67. The average molecular weight is 242 g/mol. The van der Waals surface area contributed by atoms with E-state index in [1.807, 2.05) is 43.3 Å². The molecule has 18 heavy (non-hydrogen) atoms. The van der Waals surface area contributed by atoms with E-state index in [1.165, 1.54) is 0 Å². The molecule has 3 nitrogen and oxygen atoms in total. The van der Waals surface area contributed by atoms with Gasteiger partial charge in [-0.1, -0.05) is 48.5 Å². The number of hydrogen-bond acceptors (Lipinski definition) is 2. The topological polar surface area (TPSA) is 57.5 Å². The van der Waals surface area contributed by atoms with Gasteiger partial charge >= 0.3 is 5.97 Å². The molecule has 0 saturated carbocycles. The molecular weight excluding hydrogens is 228 g/mol. The Morgan fingerprint density at radius 1 is 1.06 bits per heavy atom. The summed E-state index contributed by atoms with van der Waals surface area (Å²) in [5.41, 5.74) is 3.17. The second kappa shape index (κ2) is 5.02. The van der Waals surface area contributed by atoms with Crippen molar-refractivity contribution in [3.05, 3.63) is 59.7 Å². The highest BCUT2D eigenvalue weighted by Crippen LogP contribution is 2.28. The Balaban J connectivity index is 2.52. The monoisotopic (exact) mass is 242 g/mol. The number of hydrogen-bond donors (Lipinski definition) is 2. The third-order valence-corrected chi connectivity index (χ3v) is 2.99. The molecule has 2 aromatic rings. The fourth-order valence-electron chi connectivity index (χ4n) is 2.01. The minimum absolute atomic E-state index is 0.434. The van der Waals surface area contributed by atoms with Crippen molar-refractivity contribution in [2.75, 3.05) is 0 Å². The van der Waals surface area contributed by atoms with E-state index in [1.54, 1.807) is 12.1 Å². The van der Waals surface area contributed by atoms with Gasteiger partial charge in [0, 0.05) is 0 Å². The first kappa shape index (κ1) is 12.3. The Kier molecular flexibility index (Phi) is 3.44. The third-order valence-electron chi connectivity index (χ3n) is 2.99. The summed E-state index contributed by atoms with van der Waals surface area (Å²) >= 11 is 0. The summed E-state index contributed by atoms with van der Waals surface area (Å²) in [6.07, 6.45) is -1.48. The van der Waals surface area contributed by atoms with Crippen LogP contribution in [0.4, 0.5) is 0 Å². The molecule has 0 amide bonds. The van der Waals surface area contributed by atoms with Gasteiger partial charge < -0.3 is 10.2 Å². The lowest BCUT2D eigenvalue weighted by atomic mass is 9.94. The molecule has 2 rings (SSSR count). The number of rotatable bonds is 3. The van der Waals surface area contributed by atoms with E-state index >= 15 is 0 Å². The number of aliphatic hydroxyl groups is 1. The van der Waals surface area contributed by atoms with Crippen molar-refractivity contribution < 1.29 is 15.0 Å². The van der Waals surface area contributed by atoms with E-state index in [0.717, 1.165) is 16.7 Å². The fraction of sp³-hybridized carbons (Fsp3) is 0.133. The van der Waals surface area contributed by atoms with Crippen molar-refractivity contribution in [1.82, 2.24) is 0 Å². The van der Waals surface area contributed by atoms with Gasteiger partial charge in [-0.05, 0) is 29.2 Å². The van der Waals surface area contributed by atoms with Gasteiger partial charge in [-0.2, -0.15) is 0 Å². The lowest BCUT2D eigenvalue weighted by Gasteiger charge is -2.13. The molecule has 1 atom stereocenters. The highest BCUT2D eigenvalue weighted by molar-refractivity contribution is 5.77. The van der Waals surface area contributed by atoms with Crippen LogP contribution >= 0.6 is 0 Å². The van der Waals surface area contributed by atoms with Gasteiger partial charge in [0.1, 0.15) is 0 Å². The summed E-state index contributed by atoms with van der Waals surface area (Å²) in [7, 11) is 0. The molecule has 0 bridgehead atoms. The molecule has 3 heteroatoms. The molecule has 2 aromatic carbocycles. The number of carboxylic acid groups (broad SMARTS) is 1. The van der Waals surface area contributed by atoms with Crippen molar-refractivity contribution in [2.45, 2.75) is 13.0 Å². The summed E-state index contributed by atoms with van der Waals surface area (Å²) in [5.74, 6) is -1.23. The zero-order valence-corrected chi connectivity index (χ0v) is 10.00. The van der Waals surface area contributed by atoms with E-state index < -0.39 is 12.1 Å². The van der Waals surface area contributed by atoms with E-state index in [4.69, 9.17) is 5.11 Å². The first-order chi connectivity index (χ1) is 8.61. The number of carbonyl (C=O) groups is 1. The van der Waals surface area contributed by atoms with Crippen molar-refractivity contribution in [2.24, 2.45) is 0 Å². The van der Waals surface area contributed by atoms with Crippen molar-refractivity contribution in [3.63, 3.8) is 0 Å². The maximum Gasteiger partial charge on any atom is 0.337 e. The average Bonchev–Trinajstić information content (AvgIpc) is 2.39. The molecular formula is C15H14O3. The van der Waals surface area contributed by atoms with Crippen molar-refractivity contribution in [3.8, 4) is 11.1 Å². The predicted molar refractivity (Wildman–Crippen MR) is 69.2 cm³/mol. The standard InChI is InChI=1S/C15H14O3/c1-10-12(11-6-3-2-4-7-11)8-5-9-13(10)14(16)15(17)18/h2-9,14,16H,1H3,(H,17,18). The van der Waals surface area contributed by atoms with Gasteiger partial charge in [0.05, 0.1) is 0 Å². The fourth-order valence-corrected chi connectivity index (χ4v) is 2.01. The van der Waals surface area contributed by atoms with Gasteiger partial charge in [-0.25, -0.2) is 4.79 Å². The summed E-state index contributed by atoms with van der Waals surface area (Å²) in [6.45, 7) is 1.82. The van der Waals surface area contributed by atoms with Gasteiger partial charge in [0.15, 0.2) is 6.10 Å². The molecule has 1 unspecified atom stereocenters. The van der Waals surface area contributed by atoms with Crippen LogP contribution in [0.2, 0.25) is 0 Å². The quantitative estimate of drug-likeness (QED) is 0.870. The molecule has 0 spiro atoms. The third kappa shape index (κ3) is 2.26. The number of carboxylic acids is 1. The van der Waals surface area contributed by atoms with Crippen LogP contribution in [-0.4, -0.2) is 16.2 Å². The van der Waals surface area contributed by atoms with Crippen LogP contribution in [0.5, 0.6) is 0 Å². The first-order valence-electron chi connectivity index (χ1n) is 5.67. The number of benzene rings is 2. The maximum atomic E-state index is 10.8. The predicted octanol–water partition coefficient (Wildman–Crippen LogP) is 2.78. The van der Waals surface area contributed by atoms with E-state index in [-0.39, 0.29) is 0 Å². The molecule has 0 aliphatic rings. The largest absolute Gasteiger partial charge is 0.479 e. The molecule has 0 radical (unpaired) electrons. The normalized spacial score (nSPS) is 12.1. The summed E-state index contributed by atoms with van der Waals surface area (Å²) in [6, 6.07) is 15.0. The van der Waals surface area contributed by atoms with Gasteiger partial charge in [-0.15, -0.1) is 0 Å². The van der Waals surface area contributed by atoms with Crippen LogP contribution in [0.1, 0.15) is 17.2 Å². The maximum absolute atomic E-state index is 10.8.